The van der Waals surface area contributed by atoms with Crippen molar-refractivity contribution in [2.45, 2.75) is 13.3 Å². The summed E-state index contributed by atoms with van der Waals surface area (Å²) in [5.74, 6) is -1.24. The van der Waals surface area contributed by atoms with Gasteiger partial charge in [0.1, 0.15) is 18.1 Å². The molecule has 1 amide bonds. The van der Waals surface area contributed by atoms with Crippen molar-refractivity contribution in [3.05, 3.63) is 71.8 Å². The topological polar surface area (TPSA) is 78.5 Å². The molecule has 182 valence electrons. The lowest BCUT2D eigenvalue weighted by Gasteiger charge is -2.21. The van der Waals surface area contributed by atoms with Crippen molar-refractivity contribution in [1.29, 1.82) is 0 Å². The van der Waals surface area contributed by atoms with Crippen LogP contribution in [0.3, 0.4) is 0 Å². The van der Waals surface area contributed by atoms with Crippen molar-refractivity contribution in [3.63, 3.8) is 0 Å². The molecule has 7 nitrogen and oxygen atoms in total. The minimum absolute atomic E-state index is 0.197. The summed E-state index contributed by atoms with van der Waals surface area (Å²) in [6, 6.07) is 13.9. The number of H-pyrrole nitrogens is 1. The largest absolute Gasteiger partial charge is 0.468 e. The van der Waals surface area contributed by atoms with E-state index in [4.69, 9.17) is 4.74 Å². The molecular weight excluding hydrogens is 467 g/mol. The Kier molecular flexibility index (Phi) is 7.45. The number of carbonyl (C=O) groups is 2. The van der Waals surface area contributed by atoms with E-state index in [1.54, 1.807) is 12.1 Å². The van der Waals surface area contributed by atoms with Gasteiger partial charge >= 0.3 is 5.97 Å². The fourth-order valence-electron chi connectivity index (χ4n) is 3.77. The maximum absolute atomic E-state index is 13.8. The maximum atomic E-state index is 13.8. The first-order valence-electron chi connectivity index (χ1n) is 11.3. The molecule has 4 rings (SSSR count). The summed E-state index contributed by atoms with van der Waals surface area (Å²) in [6.45, 7) is 2.80. The van der Waals surface area contributed by atoms with E-state index in [0.717, 1.165) is 16.5 Å². The summed E-state index contributed by atoms with van der Waals surface area (Å²) in [6.07, 6.45) is 2.47. The average Bonchev–Trinajstić information content (AvgIpc) is 3.51. The Morgan fingerprint density at radius 1 is 1.14 bits per heavy atom. The number of methoxy groups -OCH3 is 1. The van der Waals surface area contributed by atoms with Gasteiger partial charge in [-0.25, -0.2) is 9.37 Å². The highest BCUT2D eigenvalue weighted by Crippen LogP contribution is 2.35. The molecule has 35 heavy (non-hydrogen) atoms. The fourth-order valence-corrected chi connectivity index (χ4v) is 4.85. The summed E-state index contributed by atoms with van der Waals surface area (Å²) in [5.41, 5.74) is 2.99. The highest BCUT2D eigenvalue weighted by molar-refractivity contribution is 7.19. The summed E-state index contributed by atoms with van der Waals surface area (Å²) in [4.78, 5) is 37.9. The Hall–Kier alpha value is -3.72. The number of esters is 1. The van der Waals surface area contributed by atoms with Crippen LogP contribution < -0.4 is 4.90 Å². The molecule has 2 heterocycles. The van der Waals surface area contributed by atoms with E-state index >= 15 is 0 Å². The van der Waals surface area contributed by atoms with Crippen molar-refractivity contribution in [2.24, 2.45) is 0 Å². The number of aromatic nitrogens is 2. The second kappa shape index (κ2) is 10.7. The number of amides is 1. The molecule has 0 bridgehead atoms. The number of anilines is 1. The van der Waals surface area contributed by atoms with Crippen LogP contribution in [0.15, 0.2) is 54.7 Å². The number of thiazole rings is 1. The van der Waals surface area contributed by atoms with Gasteiger partial charge in [-0.15, -0.1) is 0 Å². The molecule has 2 aromatic carbocycles. The van der Waals surface area contributed by atoms with E-state index in [-0.39, 0.29) is 24.0 Å². The molecule has 0 radical (unpaired) electrons. The third-order valence-corrected chi connectivity index (χ3v) is 7.11. The highest BCUT2D eigenvalue weighted by atomic mass is 32.1. The van der Waals surface area contributed by atoms with Gasteiger partial charge in [-0.2, -0.15) is 0 Å². The van der Waals surface area contributed by atoms with Crippen LogP contribution >= 0.6 is 11.3 Å². The van der Waals surface area contributed by atoms with Gasteiger partial charge in [0.25, 0.3) is 5.91 Å². The van der Waals surface area contributed by atoms with Crippen LogP contribution in [0.4, 0.5) is 9.52 Å². The first-order chi connectivity index (χ1) is 16.9. The highest BCUT2D eigenvalue weighted by Gasteiger charge is 2.27. The Morgan fingerprint density at radius 2 is 1.89 bits per heavy atom. The van der Waals surface area contributed by atoms with E-state index in [1.165, 1.54) is 35.5 Å². The molecule has 0 atom stereocenters. The van der Waals surface area contributed by atoms with Crippen LogP contribution in [-0.2, 0) is 16.0 Å². The molecule has 2 aromatic heterocycles. The van der Waals surface area contributed by atoms with Gasteiger partial charge < -0.3 is 19.5 Å². The number of para-hydroxylation sites is 1. The minimum Gasteiger partial charge on any atom is -0.468 e. The first kappa shape index (κ1) is 24.4. The van der Waals surface area contributed by atoms with Gasteiger partial charge in [0, 0.05) is 37.2 Å². The first-order valence-corrected chi connectivity index (χ1v) is 12.1. The number of aromatic amines is 1. The number of hydrogen-bond donors (Lipinski definition) is 1. The SMILES string of the molecule is CCN(C)c1nc(C(=O)N(CCc2c[nH]c3ccccc23)CC(=O)OC)c(-c2ccc(F)cc2)s1. The summed E-state index contributed by atoms with van der Waals surface area (Å²) in [5, 5.41) is 1.75. The molecule has 0 aliphatic carbocycles. The second-order valence-electron chi connectivity index (χ2n) is 8.11. The fraction of sp³-hybridized carbons (Fsp3) is 0.269. The Morgan fingerprint density at radius 3 is 2.60 bits per heavy atom. The molecule has 4 aromatic rings. The van der Waals surface area contributed by atoms with E-state index in [0.29, 0.717) is 35.1 Å². The number of carbonyl (C=O) groups excluding carboxylic acids is 2. The zero-order valence-electron chi connectivity index (χ0n) is 19.9. The molecule has 0 saturated heterocycles. The average molecular weight is 495 g/mol. The standard InChI is InChI=1S/C26H27FN4O3S/c1-4-30(2)26-29-23(24(35-26)17-9-11-19(27)12-10-17)25(33)31(16-22(32)34-3)14-13-18-15-28-21-8-6-5-7-20(18)21/h5-12,15,28H,4,13-14,16H2,1-3H3. The quantitative estimate of drug-likeness (QED) is 0.340. The third kappa shape index (κ3) is 5.35. The Bertz CT molecular complexity index is 1330. The molecule has 0 saturated carbocycles. The van der Waals surface area contributed by atoms with Gasteiger partial charge in [-0.05, 0) is 42.7 Å². The summed E-state index contributed by atoms with van der Waals surface area (Å²) < 4.78 is 18.4. The number of ether oxygens (including phenoxy) is 1. The van der Waals surface area contributed by atoms with Gasteiger partial charge in [-0.1, -0.05) is 41.7 Å². The number of benzene rings is 2. The van der Waals surface area contributed by atoms with Gasteiger partial charge in [-0.3, -0.25) is 9.59 Å². The molecule has 0 aliphatic heterocycles. The van der Waals surface area contributed by atoms with Crippen LogP contribution in [0.25, 0.3) is 21.3 Å². The number of hydrogen-bond acceptors (Lipinski definition) is 6. The van der Waals surface area contributed by atoms with Crippen molar-refractivity contribution >= 4 is 39.2 Å². The van der Waals surface area contributed by atoms with E-state index in [9.17, 15) is 14.0 Å². The lowest BCUT2D eigenvalue weighted by Crippen LogP contribution is -2.38. The molecule has 0 unspecified atom stereocenters. The normalized spacial score (nSPS) is 11.0. The molecule has 0 aliphatic rings. The van der Waals surface area contributed by atoms with Crippen LogP contribution in [-0.4, -0.2) is 60.5 Å². The maximum Gasteiger partial charge on any atom is 0.325 e. The number of rotatable bonds is 9. The van der Waals surface area contributed by atoms with Crippen molar-refractivity contribution in [2.75, 3.05) is 38.7 Å². The van der Waals surface area contributed by atoms with Gasteiger partial charge in [0.2, 0.25) is 0 Å². The lowest BCUT2D eigenvalue weighted by atomic mass is 10.1. The number of fused-ring (bicyclic) bond motifs is 1. The zero-order valence-corrected chi connectivity index (χ0v) is 20.7. The predicted octanol–water partition coefficient (Wildman–Crippen LogP) is 4.74. The Balaban J connectivity index is 1.68. The van der Waals surface area contributed by atoms with Crippen LogP contribution in [0, 0.1) is 5.82 Å². The molecule has 1 N–H and O–H groups in total. The summed E-state index contributed by atoms with van der Waals surface area (Å²) in [7, 11) is 3.19. The number of nitrogens with one attached hydrogen (secondary N) is 1. The lowest BCUT2D eigenvalue weighted by molar-refractivity contribution is -0.141. The van der Waals surface area contributed by atoms with Crippen molar-refractivity contribution in [1.82, 2.24) is 14.9 Å². The second-order valence-corrected chi connectivity index (χ2v) is 9.09. The van der Waals surface area contributed by atoms with Crippen molar-refractivity contribution in [3.8, 4) is 10.4 Å². The van der Waals surface area contributed by atoms with E-state index in [1.807, 2.05) is 49.3 Å². The van der Waals surface area contributed by atoms with Gasteiger partial charge in [0.05, 0.1) is 12.0 Å². The molecule has 0 fully saturated rings. The van der Waals surface area contributed by atoms with Crippen LogP contribution in [0.5, 0.6) is 0 Å². The summed E-state index contributed by atoms with van der Waals surface area (Å²) >= 11 is 1.36. The predicted molar refractivity (Wildman–Crippen MR) is 136 cm³/mol. The molecule has 0 spiro atoms. The van der Waals surface area contributed by atoms with E-state index in [2.05, 4.69) is 9.97 Å². The van der Waals surface area contributed by atoms with E-state index < -0.39 is 5.97 Å². The number of halogens is 1. The van der Waals surface area contributed by atoms with Crippen molar-refractivity contribution < 1.29 is 18.7 Å². The minimum atomic E-state index is -0.512. The monoisotopic (exact) mass is 494 g/mol. The smallest absolute Gasteiger partial charge is 0.325 e. The van der Waals surface area contributed by atoms with Crippen LogP contribution in [0.2, 0.25) is 0 Å². The molecule has 9 heteroatoms. The van der Waals surface area contributed by atoms with Crippen LogP contribution in [0.1, 0.15) is 23.0 Å². The van der Waals surface area contributed by atoms with Gasteiger partial charge in [0.15, 0.2) is 5.13 Å². The molecular formula is C26H27FN4O3S. The third-order valence-electron chi connectivity index (χ3n) is 5.89. The Labute approximate surface area is 207 Å². The number of nitrogens with zero attached hydrogens (tertiary/aromatic N) is 3. The zero-order chi connectivity index (χ0) is 24.9.